The van der Waals surface area contributed by atoms with Crippen LogP contribution in [0.25, 0.3) is 22.5 Å². The van der Waals surface area contributed by atoms with Gasteiger partial charge in [-0.3, -0.25) is 0 Å². The molecule has 52 heavy (non-hydrogen) atoms. The summed E-state index contributed by atoms with van der Waals surface area (Å²) in [4.78, 5) is 15.0. The number of benzene rings is 5. The first-order valence-corrected chi connectivity index (χ1v) is 18.2. The van der Waals surface area contributed by atoms with E-state index in [1.807, 2.05) is 37.3 Å². The number of nitrogens with zero attached hydrogens (tertiary/aromatic N) is 5. The van der Waals surface area contributed by atoms with Crippen molar-refractivity contribution in [2.24, 2.45) is 5.92 Å². The Morgan fingerprint density at radius 1 is 0.750 bits per heavy atom. The number of hydrogen-bond acceptors (Lipinski definition) is 7. The molecular weight excluding hydrogens is 645 g/mol. The number of tetrazole rings is 1. The number of hydrogen-bond donors (Lipinski definition) is 1. The molecule has 8 rings (SSSR count). The molecule has 6 aromatic rings. The van der Waals surface area contributed by atoms with Crippen molar-refractivity contribution in [2.45, 2.75) is 44.7 Å². The van der Waals surface area contributed by atoms with Crippen LogP contribution in [0.5, 0.6) is 0 Å². The third kappa shape index (κ3) is 6.09. The van der Waals surface area contributed by atoms with Gasteiger partial charge >= 0.3 is 5.97 Å². The Balaban J connectivity index is 1.16. The molecule has 1 aliphatic carbocycles. The minimum atomic E-state index is -0.858. The topological polar surface area (TPSA) is 85.2 Å². The zero-order valence-electron chi connectivity index (χ0n) is 29.5. The van der Waals surface area contributed by atoms with Crippen LogP contribution in [0.4, 0.5) is 0 Å². The molecule has 8 nitrogen and oxygen atoms in total. The Labute approximate surface area is 304 Å². The van der Waals surface area contributed by atoms with Crippen LogP contribution in [0.2, 0.25) is 0 Å². The summed E-state index contributed by atoms with van der Waals surface area (Å²) in [5.74, 6) is 0.812. The van der Waals surface area contributed by atoms with Gasteiger partial charge in [0.05, 0.1) is 18.2 Å². The molecule has 2 heterocycles. The van der Waals surface area contributed by atoms with E-state index in [4.69, 9.17) is 20.1 Å². The molecule has 1 atom stereocenters. The number of nitrogens with one attached hydrogen (secondary N) is 1. The number of hydrazine groups is 1. The van der Waals surface area contributed by atoms with Gasteiger partial charge in [0.1, 0.15) is 0 Å². The second kappa shape index (κ2) is 14.4. The van der Waals surface area contributed by atoms with E-state index < -0.39 is 5.54 Å². The molecule has 1 unspecified atom stereocenters. The summed E-state index contributed by atoms with van der Waals surface area (Å²) in [6, 6.07) is 47.9. The summed E-state index contributed by atoms with van der Waals surface area (Å²) in [6.07, 6.45) is 2.90. The van der Waals surface area contributed by atoms with Crippen molar-refractivity contribution in [3.8, 4) is 22.5 Å². The summed E-state index contributed by atoms with van der Waals surface area (Å²) in [5.41, 5.74) is 11.7. The highest BCUT2D eigenvalue weighted by Crippen LogP contribution is 2.42. The molecule has 1 N–H and O–H groups in total. The number of likely N-dealkylation sites (N-methyl/N-ethyl adjacent to an activating group) is 1. The molecule has 0 radical (unpaired) electrons. The average molecular weight is 687 g/mol. The van der Waals surface area contributed by atoms with E-state index >= 15 is 0 Å². The molecule has 0 saturated heterocycles. The zero-order valence-corrected chi connectivity index (χ0v) is 29.5. The minimum Gasteiger partial charge on any atom is -0.463 e. The van der Waals surface area contributed by atoms with E-state index in [0.717, 1.165) is 69.6 Å². The molecular formula is C44H42N6O2. The second-order valence-corrected chi connectivity index (χ2v) is 13.4. The Hall–Kier alpha value is -5.86. The Kier molecular flexibility index (Phi) is 9.22. The predicted octanol–water partition coefficient (Wildman–Crippen LogP) is 7.83. The molecule has 0 bridgehead atoms. The lowest BCUT2D eigenvalue weighted by molar-refractivity contribution is -0.138. The predicted molar refractivity (Wildman–Crippen MR) is 203 cm³/mol. The highest BCUT2D eigenvalue weighted by molar-refractivity contribution is 5.91. The van der Waals surface area contributed by atoms with Crippen molar-refractivity contribution in [1.82, 2.24) is 30.6 Å². The monoisotopic (exact) mass is 686 g/mol. The van der Waals surface area contributed by atoms with Crippen molar-refractivity contribution in [1.29, 1.82) is 0 Å². The van der Waals surface area contributed by atoms with E-state index in [9.17, 15) is 4.79 Å². The van der Waals surface area contributed by atoms with Gasteiger partial charge in [-0.05, 0) is 71.2 Å². The molecule has 2 aliphatic rings. The number of esters is 1. The maximum absolute atomic E-state index is 13.2. The van der Waals surface area contributed by atoms with Crippen molar-refractivity contribution >= 4 is 5.97 Å². The number of ether oxygens (including phenoxy) is 1. The fourth-order valence-corrected chi connectivity index (χ4v) is 7.61. The lowest BCUT2D eigenvalue weighted by atomic mass is 9.77. The maximum Gasteiger partial charge on any atom is 0.337 e. The lowest BCUT2D eigenvalue weighted by Gasteiger charge is -2.34. The number of carbonyl (C=O) groups is 1. The van der Waals surface area contributed by atoms with Crippen LogP contribution in [0, 0.1) is 5.92 Å². The lowest BCUT2D eigenvalue weighted by Crippen LogP contribution is -2.39. The van der Waals surface area contributed by atoms with Gasteiger partial charge in [-0.15, -0.1) is 15.0 Å². The van der Waals surface area contributed by atoms with Crippen LogP contribution in [-0.2, 0) is 21.5 Å². The van der Waals surface area contributed by atoms with Crippen molar-refractivity contribution in [3.05, 3.63) is 173 Å². The Bertz CT molecular complexity index is 2080. The number of rotatable bonds is 12. The smallest absolute Gasteiger partial charge is 0.337 e. The molecule has 1 fully saturated rings. The first kappa shape index (κ1) is 33.3. The maximum atomic E-state index is 13.2. The number of allylic oxidation sites excluding steroid dienone is 1. The third-order valence-electron chi connectivity index (χ3n) is 10.2. The van der Waals surface area contributed by atoms with Crippen LogP contribution in [0.15, 0.2) is 151 Å². The SMILES string of the molecule is CCOC(=O)C1=C(Cc2ccc(-c3ccccc3-c3nnn(C(c4ccccc4)(c4ccccc4)c4ccccc4)n3)cc2)N(CC)NC1C1CC1. The van der Waals surface area contributed by atoms with Gasteiger partial charge in [-0.1, -0.05) is 140 Å². The zero-order chi connectivity index (χ0) is 35.5. The van der Waals surface area contributed by atoms with Gasteiger partial charge in [0.25, 0.3) is 0 Å². The molecule has 1 aromatic heterocycles. The molecule has 0 spiro atoms. The summed E-state index contributed by atoms with van der Waals surface area (Å²) in [6.45, 7) is 5.10. The molecule has 8 heteroatoms. The molecule has 5 aromatic carbocycles. The highest BCUT2D eigenvalue weighted by Gasteiger charge is 2.44. The van der Waals surface area contributed by atoms with Crippen LogP contribution in [0.1, 0.15) is 48.9 Å². The van der Waals surface area contributed by atoms with Crippen LogP contribution >= 0.6 is 0 Å². The fourth-order valence-electron chi connectivity index (χ4n) is 7.61. The van der Waals surface area contributed by atoms with E-state index in [1.165, 1.54) is 0 Å². The van der Waals surface area contributed by atoms with Gasteiger partial charge in [-0.2, -0.15) is 0 Å². The third-order valence-corrected chi connectivity index (χ3v) is 10.2. The molecule has 1 aliphatic heterocycles. The fraction of sp³-hybridized carbons (Fsp3) is 0.227. The van der Waals surface area contributed by atoms with Crippen LogP contribution in [0.3, 0.4) is 0 Å². The van der Waals surface area contributed by atoms with Crippen LogP contribution < -0.4 is 5.43 Å². The van der Waals surface area contributed by atoms with Gasteiger partial charge < -0.3 is 9.75 Å². The van der Waals surface area contributed by atoms with E-state index in [-0.39, 0.29) is 12.0 Å². The van der Waals surface area contributed by atoms with Gasteiger partial charge in [0.2, 0.25) is 5.82 Å². The summed E-state index contributed by atoms with van der Waals surface area (Å²) in [5, 5.41) is 16.8. The summed E-state index contributed by atoms with van der Waals surface area (Å²) in [7, 11) is 0. The van der Waals surface area contributed by atoms with Crippen molar-refractivity contribution in [2.75, 3.05) is 13.2 Å². The van der Waals surface area contributed by atoms with Gasteiger partial charge in [-0.25, -0.2) is 10.2 Å². The molecule has 0 amide bonds. The first-order valence-electron chi connectivity index (χ1n) is 18.2. The van der Waals surface area contributed by atoms with Gasteiger partial charge in [0, 0.05) is 24.2 Å². The Morgan fingerprint density at radius 3 is 1.85 bits per heavy atom. The van der Waals surface area contributed by atoms with E-state index in [1.54, 1.807) is 4.80 Å². The van der Waals surface area contributed by atoms with Gasteiger partial charge in [0.15, 0.2) is 5.54 Å². The van der Waals surface area contributed by atoms with Crippen LogP contribution in [-0.4, -0.2) is 50.4 Å². The van der Waals surface area contributed by atoms with E-state index in [0.29, 0.717) is 24.8 Å². The normalized spacial score (nSPS) is 16.0. The summed E-state index contributed by atoms with van der Waals surface area (Å²) < 4.78 is 5.54. The Morgan fingerprint density at radius 2 is 1.31 bits per heavy atom. The van der Waals surface area contributed by atoms with E-state index in [2.05, 4.69) is 127 Å². The number of carbonyl (C=O) groups excluding carboxylic acids is 1. The average Bonchev–Trinajstić information content (AvgIpc) is 3.82. The van der Waals surface area contributed by atoms with Crippen molar-refractivity contribution < 1.29 is 9.53 Å². The summed E-state index contributed by atoms with van der Waals surface area (Å²) >= 11 is 0. The highest BCUT2D eigenvalue weighted by atomic mass is 16.5. The van der Waals surface area contributed by atoms with Crippen molar-refractivity contribution in [3.63, 3.8) is 0 Å². The largest absolute Gasteiger partial charge is 0.463 e. The second-order valence-electron chi connectivity index (χ2n) is 13.4. The molecule has 1 saturated carbocycles. The standard InChI is InChI=1S/C44H42N6O2/c1-3-49-39(40(43(51)52-4-2)41(46-49)33-28-29-33)30-31-24-26-32(27-25-31)37-22-14-15-23-38(37)42-45-48-50(47-42)44(34-16-8-5-9-17-34,35-18-10-6-11-19-35)36-20-12-7-13-21-36/h5-27,33,41,46H,3-4,28-30H2,1-2H3. The number of aromatic nitrogens is 4. The first-order chi connectivity index (χ1) is 25.6. The minimum absolute atomic E-state index is 0.0190. The molecule has 260 valence electrons. The quantitative estimate of drug-likeness (QED) is 0.104.